The molecule has 0 saturated carbocycles. The Morgan fingerprint density at radius 1 is 1.56 bits per heavy atom. The first-order chi connectivity index (χ1) is 8.79. The monoisotopic (exact) mass is 250 g/mol. The van der Waals surface area contributed by atoms with Crippen LogP contribution in [-0.4, -0.2) is 30.1 Å². The van der Waals surface area contributed by atoms with E-state index in [-0.39, 0.29) is 12.0 Å². The zero-order chi connectivity index (χ0) is 12.8. The molecule has 2 rings (SSSR count). The van der Waals surface area contributed by atoms with E-state index in [2.05, 4.69) is 15.7 Å². The summed E-state index contributed by atoms with van der Waals surface area (Å²) in [6, 6.07) is 3.30. The third-order valence-electron chi connectivity index (χ3n) is 2.92. The van der Waals surface area contributed by atoms with Gasteiger partial charge in [0.15, 0.2) is 0 Å². The van der Waals surface area contributed by atoms with Crippen LogP contribution in [0.4, 0.5) is 5.69 Å². The maximum Gasteiger partial charge on any atom is 0.270 e. The summed E-state index contributed by atoms with van der Waals surface area (Å²) in [4.78, 5) is 15.9. The van der Waals surface area contributed by atoms with E-state index in [0.717, 1.165) is 25.9 Å². The van der Waals surface area contributed by atoms with E-state index in [1.807, 2.05) is 0 Å². The number of nitrogen functional groups attached to an aromatic ring is 1. The van der Waals surface area contributed by atoms with Crippen LogP contribution in [0, 0.1) is 0 Å². The molecular weight excluding hydrogens is 232 g/mol. The van der Waals surface area contributed by atoms with E-state index in [4.69, 9.17) is 10.6 Å². The molecule has 1 amide bonds. The van der Waals surface area contributed by atoms with E-state index in [1.54, 1.807) is 18.3 Å². The molecule has 18 heavy (non-hydrogen) atoms. The Hall–Kier alpha value is -1.66. The molecule has 0 radical (unpaired) electrons. The lowest BCUT2D eigenvalue weighted by Gasteiger charge is -2.22. The van der Waals surface area contributed by atoms with Gasteiger partial charge in [0, 0.05) is 19.3 Å². The van der Waals surface area contributed by atoms with Gasteiger partial charge in [-0.15, -0.1) is 0 Å². The minimum absolute atomic E-state index is 0.124. The molecule has 4 N–H and O–H groups in total. The van der Waals surface area contributed by atoms with Gasteiger partial charge in [0.25, 0.3) is 5.91 Å². The molecular formula is C12H18N4O2. The first-order valence-electron chi connectivity index (χ1n) is 6.12. The van der Waals surface area contributed by atoms with Gasteiger partial charge in [-0.3, -0.25) is 15.6 Å². The smallest absolute Gasteiger partial charge is 0.270 e. The number of nitrogens with one attached hydrogen (secondary N) is 2. The number of carbonyl (C=O) groups excluding carboxylic acids is 1. The Balaban J connectivity index is 1.86. The number of pyridine rings is 1. The minimum Gasteiger partial charge on any atom is -0.376 e. The van der Waals surface area contributed by atoms with Gasteiger partial charge in [-0.1, -0.05) is 0 Å². The van der Waals surface area contributed by atoms with Crippen LogP contribution in [0.1, 0.15) is 29.8 Å². The number of carbonyl (C=O) groups is 1. The topological polar surface area (TPSA) is 89.3 Å². The lowest BCUT2D eigenvalue weighted by molar-refractivity contribution is 0.0168. The molecule has 1 aromatic rings. The molecule has 1 fully saturated rings. The molecule has 1 unspecified atom stereocenters. The van der Waals surface area contributed by atoms with E-state index >= 15 is 0 Å². The molecule has 98 valence electrons. The van der Waals surface area contributed by atoms with Crippen molar-refractivity contribution in [1.29, 1.82) is 0 Å². The summed E-state index contributed by atoms with van der Waals surface area (Å²) in [5.41, 5.74) is 3.49. The Morgan fingerprint density at radius 3 is 3.17 bits per heavy atom. The molecule has 1 aliphatic rings. The van der Waals surface area contributed by atoms with Gasteiger partial charge >= 0.3 is 0 Å². The van der Waals surface area contributed by atoms with Crippen LogP contribution in [0.25, 0.3) is 0 Å². The first-order valence-corrected chi connectivity index (χ1v) is 6.12. The van der Waals surface area contributed by atoms with E-state index in [0.29, 0.717) is 17.9 Å². The van der Waals surface area contributed by atoms with E-state index < -0.39 is 0 Å². The summed E-state index contributed by atoms with van der Waals surface area (Å²) in [6.07, 6.45) is 4.93. The SMILES string of the molecule is NNc1ccnc(C(=O)NCC2CCCCO2)c1. The van der Waals surface area contributed by atoms with Crippen molar-refractivity contribution in [2.45, 2.75) is 25.4 Å². The van der Waals surface area contributed by atoms with E-state index in [9.17, 15) is 4.79 Å². The van der Waals surface area contributed by atoms with Crippen LogP contribution in [-0.2, 0) is 4.74 Å². The van der Waals surface area contributed by atoms with Crippen molar-refractivity contribution in [1.82, 2.24) is 10.3 Å². The standard InChI is InChI=1S/C12H18N4O2/c13-16-9-4-5-14-11(7-9)12(17)15-8-10-3-1-2-6-18-10/h4-5,7,10H,1-3,6,8,13H2,(H,14,16)(H,15,17). The normalized spacial score (nSPS) is 19.3. The van der Waals surface area contributed by atoms with Crippen LogP contribution in [0.3, 0.4) is 0 Å². The molecule has 0 bridgehead atoms. The number of anilines is 1. The fourth-order valence-electron chi connectivity index (χ4n) is 1.91. The van der Waals surface area contributed by atoms with Crippen molar-refractivity contribution < 1.29 is 9.53 Å². The zero-order valence-corrected chi connectivity index (χ0v) is 10.2. The summed E-state index contributed by atoms with van der Waals surface area (Å²) in [5.74, 6) is 5.07. The second-order valence-corrected chi connectivity index (χ2v) is 4.27. The fraction of sp³-hybridized carbons (Fsp3) is 0.500. The number of amides is 1. The van der Waals surface area contributed by atoms with Gasteiger partial charge in [-0.05, 0) is 31.4 Å². The maximum absolute atomic E-state index is 11.9. The number of hydrogen-bond acceptors (Lipinski definition) is 5. The number of rotatable bonds is 4. The number of nitrogens with zero attached hydrogens (tertiary/aromatic N) is 1. The fourth-order valence-corrected chi connectivity index (χ4v) is 1.91. The van der Waals surface area contributed by atoms with Gasteiger partial charge in [0.1, 0.15) is 5.69 Å². The molecule has 2 heterocycles. The van der Waals surface area contributed by atoms with Crippen molar-refractivity contribution in [3.63, 3.8) is 0 Å². The highest BCUT2D eigenvalue weighted by atomic mass is 16.5. The Kier molecular flexibility index (Phi) is 4.49. The van der Waals surface area contributed by atoms with Crippen LogP contribution in [0.2, 0.25) is 0 Å². The Bertz CT molecular complexity index is 405. The highest BCUT2D eigenvalue weighted by Crippen LogP contribution is 2.12. The third-order valence-corrected chi connectivity index (χ3v) is 2.92. The summed E-state index contributed by atoms with van der Waals surface area (Å²) < 4.78 is 5.54. The molecule has 1 aliphatic heterocycles. The van der Waals surface area contributed by atoms with Crippen molar-refractivity contribution >= 4 is 11.6 Å². The molecule has 6 nitrogen and oxygen atoms in total. The van der Waals surface area contributed by atoms with Gasteiger partial charge in [-0.2, -0.15) is 0 Å². The Morgan fingerprint density at radius 2 is 2.44 bits per heavy atom. The van der Waals surface area contributed by atoms with Crippen LogP contribution < -0.4 is 16.6 Å². The summed E-state index contributed by atoms with van der Waals surface area (Å²) in [5, 5.41) is 2.82. The highest BCUT2D eigenvalue weighted by molar-refractivity contribution is 5.93. The predicted molar refractivity (Wildman–Crippen MR) is 68.0 cm³/mol. The lowest BCUT2D eigenvalue weighted by Crippen LogP contribution is -2.35. The van der Waals surface area contributed by atoms with Crippen molar-refractivity contribution in [2.75, 3.05) is 18.6 Å². The van der Waals surface area contributed by atoms with Crippen molar-refractivity contribution in [2.24, 2.45) is 5.84 Å². The molecule has 6 heteroatoms. The van der Waals surface area contributed by atoms with Crippen LogP contribution in [0.15, 0.2) is 18.3 Å². The zero-order valence-electron chi connectivity index (χ0n) is 10.2. The highest BCUT2D eigenvalue weighted by Gasteiger charge is 2.15. The number of ether oxygens (including phenoxy) is 1. The molecule has 0 spiro atoms. The predicted octanol–water partition coefficient (Wildman–Crippen LogP) is 0.666. The van der Waals surface area contributed by atoms with Gasteiger partial charge in [0.2, 0.25) is 0 Å². The van der Waals surface area contributed by atoms with Gasteiger partial charge in [-0.25, -0.2) is 0 Å². The quantitative estimate of drug-likeness (QED) is 0.540. The molecule has 1 saturated heterocycles. The third kappa shape index (κ3) is 3.41. The minimum atomic E-state index is -0.207. The largest absolute Gasteiger partial charge is 0.376 e. The lowest BCUT2D eigenvalue weighted by atomic mass is 10.1. The average Bonchev–Trinajstić information content (AvgIpc) is 2.46. The van der Waals surface area contributed by atoms with Gasteiger partial charge < -0.3 is 15.5 Å². The molecule has 0 aliphatic carbocycles. The first kappa shape index (κ1) is 12.8. The summed E-state index contributed by atoms with van der Waals surface area (Å²) >= 11 is 0. The van der Waals surface area contributed by atoms with Crippen molar-refractivity contribution in [3.8, 4) is 0 Å². The molecule has 0 aromatic carbocycles. The number of hydrazine groups is 1. The number of hydrogen-bond donors (Lipinski definition) is 3. The summed E-state index contributed by atoms with van der Waals surface area (Å²) in [6.45, 7) is 1.31. The second kappa shape index (κ2) is 6.32. The second-order valence-electron chi connectivity index (χ2n) is 4.27. The van der Waals surface area contributed by atoms with Crippen LogP contribution in [0.5, 0.6) is 0 Å². The maximum atomic E-state index is 11.9. The molecule has 1 aromatic heterocycles. The average molecular weight is 250 g/mol. The van der Waals surface area contributed by atoms with Crippen LogP contribution >= 0.6 is 0 Å². The van der Waals surface area contributed by atoms with Gasteiger partial charge in [0.05, 0.1) is 11.8 Å². The van der Waals surface area contributed by atoms with E-state index in [1.165, 1.54) is 0 Å². The number of aromatic nitrogens is 1. The Labute approximate surface area is 106 Å². The van der Waals surface area contributed by atoms with Crippen molar-refractivity contribution in [3.05, 3.63) is 24.0 Å². The molecule has 1 atom stereocenters. The summed E-state index contributed by atoms with van der Waals surface area (Å²) in [7, 11) is 0. The number of nitrogens with two attached hydrogens (primary N) is 1.